The highest BCUT2D eigenvalue weighted by molar-refractivity contribution is 5.08. The van der Waals surface area contributed by atoms with Crippen molar-refractivity contribution in [1.29, 1.82) is 0 Å². The molecule has 3 fully saturated rings. The third kappa shape index (κ3) is 0.703. The molecule has 0 bridgehead atoms. The summed E-state index contributed by atoms with van der Waals surface area (Å²) in [7, 11) is 0. The topological polar surface area (TPSA) is 12.5 Å². The van der Waals surface area contributed by atoms with Gasteiger partial charge in [0.1, 0.15) is 0 Å². The highest BCUT2D eigenvalue weighted by atomic mass is 16.6. The molecule has 2 aliphatic carbocycles. The average molecular weight is 152 g/mol. The maximum Gasteiger partial charge on any atom is 0.0875 e. The molecule has 0 radical (unpaired) electrons. The van der Waals surface area contributed by atoms with Gasteiger partial charge in [0.05, 0.1) is 12.2 Å². The van der Waals surface area contributed by atoms with Gasteiger partial charge in [-0.25, -0.2) is 0 Å². The standard InChI is InChI=1S/C10H16O/c1-5-3-6(2)9-7(5)4-8-10(9)11-8/h5-10H,3-4H2,1-2H3. The van der Waals surface area contributed by atoms with E-state index in [9.17, 15) is 0 Å². The van der Waals surface area contributed by atoms with Gasteiger partial charge in [0, 0.05) is 0 Å². The zero-order chi connectivity index (χ0) is 7.59. The molecule has 62 valence electrons. The molecule has 1 nitrogen and oxygen atoms in total. The number of rotatable bonds is 0. The summed E-state index contributed by atoms with van der Waals surface area (Å²) in [6.45, 7) is 4.83. The molecule has 1 saturated heterocycles. The molecule has 0 amide bonds. The van der Waals surface area contributed by atoms with Crippen LogP contribution in [0, 0.1) is 23.7 Å². The van der Waals surface area contributed by atoms with E-state index in [1.54, 1.807) is 0 Å². The predicted octanol–water partition coefficient (Wildman–Crippen LogP) is 2.07. The van der Waals surface area contributed by atoms with Crippen molar-refractivity contribution in [3.63, 3.8) is 0 Å². The minimum Gasteiger partial charge on any atom is -0.369 e. The first-order valence-electron chi connectivity index (χ1n) is 4.93. The summed E-state index contributed by atoms with van der Waals surface area (Å²) in [6, 6.07) is 0. The van der Waals surface area contributed by atoms with E-state index in [4.69, 9.17) is 4.74 Å². The van der Waals surface area contributed by atoms with Crippen LogP contribution in [0.1, 0.15) is 26.7 Å². The Hall–Kier alpha value is -0.0400. The van der Waals surface area contributed by atoms with E-state index < -0.39 is 0 Å². The molecule has 3 rings (SSSR count). The fourth-order valence-corrected chi connectivity index (χ4v) is 3.63. The first-order chi connectivity index (χ1) is 5.27. The third-order valence-electron chi connectivity index (χ3n) is 4.13. The predicted molar refractivity (Wildman–Crippen MR) is 43.2 cm³/mol. The Morgan fingerprint density at radius 2 is 1.91 bits per heavy atom. The van der Waals surface area contributed by atoms with Crippen LogP contribution in [-0.4, -0.2) is 12.2 Å². The molecule has 1 aliphatic heterocycles. The Morgan fingerprint density at radius 3 is 2.64 bits per heavy atom. The largest absolute Gasteiger partial charge is 0.369 e. The van der Waals surface area contributed by atoms with Gasteiger partial charge in [-0.3, -0.25) is 0 Å². The van der Waals surface area contributed by atoms with Gasteiger partial charge in [0.15, 0.2) is 0 Å². The van der Waals surface area contributed by atoms with Crippen molar-refractivity contribution in [2.45, 2.75) is 38.9 Å². The summed E-state index contributed by atoms with van der Waals surface area (Å²) in [4.78, 5) is 0. The molecule has 3 aliphatic rings. The minimum atomic E-state index is 0.690. The monoisotopic (exact) mass is 152 g/mol. The van der Waals surface area contributed by atoms with Gasteiger partial charge in [-0.15, -0.1) is 0 Å². The summed E-state index contributed by atoms with van der Waals surface area (Å²) in [6.07, 6.45) is 4.21. The summed E-state index contributed by atoms with van der Waals surface area (Å²) >= 11 is 0. The molecule has 6 atom stereocenters. The van der Waals surface area contributed by atoms with Crippen LogP contribution in [0.15, 0.2) is 0 Å². The number of hydrogen-bond acceptors (Lipinski definition) is 1. The average Bonchev–Trinajstić information content (AvgIpc) is 2.51. The summed E-state index contributed by atoms with van der Waals surface area (Å²) < 4.78 is 5.59. The smallest absolute Gasteiger partial charge is 0.0875 e. The lowest BCUT2D eigenvalue weighted by atomic mass is 9.90. The lowest BCUT2D eigenvalue weighted by Gasteiger charge is -2.17. The van der Waals surface area contributed by atoms with Crippen molar-refractivity contribution < 1.29 is 4.74 Å². The lowest BCUT2D eigenvalue weighted by Crippen LogP contribution is -2.15. The second-order valence-corrected chi connectivity index (χ2v) is 4.81. The normalized spacial score (nSPS) is 66.0. The summed E-state index contributed by atoms with van der Waals surface area (Å²) in [5.41, 5.74) is 0. The van der Waals surface area contributed by atoms with Crippen LogP contribution in [0.4, 0.5) is 0 Å². The second kappa shape index (κ2) is 1.82. The molecule has 0 N–H and O–H groups in total. The molecule has 11 heavy (non-hydrogen) atoms. The van der Waals surface area contributed by atoms with Crippen LogP contribution in [0.2, 0.25) is 0 Å². The molecule has 0 spiro atoms. The van der Waals surface area contributed by atoms with Crippen LogP contribution in [0.25, 0.3) is 0 Å². The molecule has 1 heterocycles. The van der Waals surface area contributed by atoms with Crippen LogP contribution in [0.3, 0.4) is 0 Å². The maximum absolute atomic E-state index is 5.59. The summed E-state index contributed by atoms with van der Waals surface area (Å²) in [5.74, 6) is 3.88. The van der Waals surface area contributed by atoms with E-state index in [2.05, 4.69) is 13.8 Å². The second-order valence-electron chi connectivity index (χ2n) is 4.81. The molecule has 6 unspecified atom stereocenters. The van der Waals surface area contributed by atoms with Crippen molar-refractivity contribution in [2.75, 3.05) is 0 Å². The van der Waals surface area contributed by atoms with Crippen LogP contribution in [0.5, 0.6) is 0 Å². The van der Waals surface area contributed by atoms with E-state index in [0.717, 1.165) is 23.7 Å². The van der Waals surface area contributed by atoms with Crippen molar-refractivity contribution in [1.82, 2.24) is 0 Å². The van der Waals surface area contributed by atoms with Gasteiger partial charge in [0.2, 0.25) is 0 Å². The third-order valence-corrected chi connectivity index (χ3v) is 4.13. The molecular weight excluding hydrogens is 136 g/mol. The molecule has 1 heteroatoms. The van der Waals surface area contributed by atoms with Gasteiger partial charge >= 0.3 is 0 Å². The van der Waals surface area contributed by atoms with Crippen LogP contribution >= 0.6 is 0 Å². The highest BCUT2D eigenvalue weighted by Crippen LogP contribution is 2.58. The van der Waals surface area contributed by atoms with Gasteiger partial charge in [0.25, 0.3) is 0 Å². The van der Waals surface area contributed by atoms with Gasteiger partial charge in [-0.1, -0.05) is 13.8 Å². The van der Waals surface area contributed by atoms with Gasteiger partial charge in [-0.05, 0) is 36.5 Å². The van der Waals surface area contributed by atoms with Gasteiger partial charge in [-0.2, -0.15) is 0 Å². The number of fused-ring (bicyclic) bond motifs is 3. The van der Waals surface area contributed by atoms with E-state index in [1.807, 2.05) is 0 Å². The number of ether oxygens (including phenoxy) is 1. The quantitative estimate of drug-likeness (QED) is 0.484. The van der Waals surface area contributed by atoms with Crippen LogP contribution in [-0.2, 0) is 4.74 Å². The Bertz CT molecular complexity index is 189. The first-order valence-corrected chi connectivity index (χ1v) is 4.93. The first kappa shape index (κ1) is 6.47. The fraction of sp³-hybridized carbons (Fsp3) is 1.00. The van der Waals surface area contributed by atoms with Crippen molar-refractivity contribution in [2.24, 2.45) is 23.7 Å². The minimum absolute atomic E-state index is 0.690. The van der Waals surface area contributed by atoms with Crippen molar-refractivity contribution in [3.05, 3.63) is 0 Å². The molecule has 0 aromatic carbocycles. The molecular formula is C10H16O. The van der Waals surface area contributed by atoms with E-state index in [1.165, 1.54) is 12.8 Å². The lowest BCUT2D eigenvalue weighted by molar-refractivity contribution is 0.187. The van der Waals surface area contributed by atoms with Crippen molar-refractivity contribution >= 4 is 0 Å². The molecule has 0 aromatic heterocycles. The Kier molecular flexibility index (Phi) is 1.07. The zero-order valence-corrected chi connectivity index (χ0v) is 7.29. The Labute approximate surface area is 68.1 Å². The Balaban J connectivity index is 1.88. The van der Waals surface area contributed by atoms with Crippen LogP contribution < -0.4 is 0 Å². The fourth-order valence-electron chi connectivity index (χ4n) is 3.63. The maximum atomic E-state index is 5.59. The molecule has 0 aromatic rings. The highest BCUT2D eigenvalue weighted by Gasteiger charge is 2.60. The van der Waals surface area contributed by atoms with Crippen molar-refractivity contribution in [3.8, 4) is 0 Å². The van der Waals surface area contributed by atoms with E-state index in [-0.39, 0.29) is 0 Å². The van der Waals surface area contributed by atoms with Gasteiger partial charge < -0.3 is 4.74 Å². The number of hydrogen-bond donors (Lipinski definition) is 0. The summed E-state index contributed by atoms with van der Waals surface area (Å²) in [5, 5.41) is 0. The zero-order valence-electron chi connectivity index (χ0n) is 7.29. The van der Waals surface area contributed by atoms with E-state index in [0.29, 0.717) is 12.2 Å². The Morgan fingerprint density at radius 1 is 1.09 bits per heavy atom. The number of epoxide rings is 1. The molecule has 2 saturated carbocycles. The SMILES string of the molecule is CC1CC(C)C2C1CC1OC12. The van der Waals surface area contributed by atoms with E-state index >= 15 is 0 Å².